The molecule has 1 aromatic heterocycles. The van der Waals surface area contributed by atoms with Crippen LogP contribution in [-0.4, -0.2) is 28.2 Å². The Morgan fingerprint density at radius 3 is 2.50 bits per heavy atom. The maximum absolute atomic E-state index is 11.4. The van der Waals surface area contributed by atoms with Gasteiger partial charge in [0.25, 0.3) is 0 Å². The van der Waals surface area contributed by atoms with E-state index >= 15 is 0 Å². The predicted molar refractivity (Wildman–Crippen MR) is 88.1 cm³/mol. The average molecular weight is 337 g/mol. The van der Waals surface area contributed by atoms with Crippen molar-refractivity contribution in [2.75, 3.05) is 12.4 Å². The van der Waals surface area contributed by atoms with E-state index in [0.29, 0.717) is 9.47 Å². The van der Waals surface area contributed by atoms with Gasteiger partial charge in [-0.1, -0.05) is 11.3 Å². The first kappa shape index (κ1) is 16.3. The van der Waals surface area contributed by atoms with Crippen molar-refractivity contribution in [3.05, 3.63) is 34.9 Å². The first-order valence-corrected chi connectivity index (χ1v) is 7.96. The third-order valence-electron chi connectivity index (χ3n) is 2.59. The Balaban J connectivity index is 2.08. The summed E-state index contributed by atoms with van der Waals surface area (Å²) in [5.41, 5.74) is 0.856. The van der Waals surface area contributed by atoms with Crippen LogP contribution in [0.5, 0.6) is 5.75 Å². The number of ketones is 1. The summed E-state index contributed by atoms with van der Waals surface area (Å²) in [6.07, 6.45) is 0. The monoisotopic (exact) mass is 337 g/mol. The van der Waals surface area contributed by atoms with E-state index < -0.39 is 0 Å². The third kappa shape index (κ3) is 4.22. The lowest BCUT2D eigenvalue weighted by atomic mass is 10.3. The number of ether oxygens (including phenoxy) is 1. The van der Waals surface area contributed by atoms with Gasteiger partial charge in [-0.3, -0.25) is 4.79 Å². The van der Waals surface area contributed by atoms with E-state index in [0.717, 1.165) is 23.2 Å². The second-order valence-electron chi connectivity index (χ2n) is 4.30. The summed E-state index contributed by atoms with van der Waals surface area (Å²) < 4.78 is 5.67. The van der Waals surface area contributed by atoms with E-state index in [1.807, 2.05) is 24.3 Å². The molecule has 2 N–H and O–H groups in total. The van der Waals surface area contributed by atoms with E-state index in [1.54, 1.807) is 7.11 Å². The molecule has 116 valence electrons. The highest BCUT2D eigenvalue weighted by Crippen LogP contribution is 2.34. The molecule has 0 spiro atoms. The fourth-order valence-corrected chi connectivity index (χ4v) is 3.29. The van der Waals surface area contributed by atoms with Crippen LogP contribution in [0.4, 0.5) is 10.8 Å². The quantitative estimate of drug-likeness (QED) is 0.471. The van der Waals surface area contributed by atoms with Gasteiger partial charge >= 0.3 is 0 Å². The van der Waals surface area contributed by atoms with Gasteiger partial charge in [0.15, 0.2) is 10.1 Å². The normalized spacial score (nSPS) is 11.8. The Bertz CT molecular complexity index is 692. The molecule has 1 heterocycles. The summed E-state index contributed by atoms with van der Waals surface area (Å²) in [4.78, 5) is 11.7. The number of carbonyl (C=O) groups is 1. The largest absolute Gasteiger partial charge is 0.511 e. The first-order chi connectivity index (χ1) is 10.5. The van der Waals surface area contributed by atoms with Crippen molar-refractivity contribution >= 4 is 39.7 Å². The van der Waals surface area contributed by atoms with Gasteiger partial charge in [-0.2, -0.15) is 0 Å². The number of rotatable bonds is 6. The highest BCUT2D eigenvalue weighted by molar-refractivity contribution is 8.05. The highest BCUT2D eigenvalue weighted by Gasteiger charge is 2.14. The Morgan fingerprint density at radius 2 is 1.95 bits per heavy atom. The molecule has 1 aromatic carbocycles. The number of Topliss-reactive ketones (excluding diaryl/α,β-unsaturated/α-hetero) is 1. The van der Waals surface area contributed by atoms with Crippen LogP contribution in [0, 0.1) is 0 Å². The van der Waals surface area contributed by atoms with Gasteiger partial charge in [-0.25, -0.2) is 0 Å². The van der Waals surface area contributed by atoms with Crippen LogP contribution in [0.3, 0.4) is 0 Å². The topological polar surface area (TPSA) is 84.3 Å². The molecule has 0 saturated heterocycles. The number of allylic oxidation sites excluding steroid dienone is 2. The number of methoxy groups -OCH3 is 1. The second kappa shape index (κ2) is 7.28. The van der Waals surface area contributed by atoms with Crippen LogP contribution in [0.2, 0.25) is 0 Å². The van der Waals surface area contributed by atoms with Crippen molar-refractivity contribution in [1.29, 1.82) is 0 Å². The third-order valence-corrected chi connectivity index (χ3v) is 4.76. The fraction of sp³-hybridized carbons (Fsp3) is 0.214. The molecule has 0 fully saturated rings. The molecular weight excluding hydrogens is 322 g/mol. The van der Waals surface area contributed by atoms with Crippen LogP contribution in [0.1, 0.15) is 13.8 Å². The van der Waals surface area contributed by atoms with E-state index in [-0.39, 0.29) is 16.4 Å². The van der Waals surface area contributed by atoms with Gasteiger partial charge in [0.05, 0.1) is 12.0 Å². The zero-order valence-electron chi connectivity index (χ0n) is 12.3. The van der Waals surface area contributed by atoms with Gasteiger partial charge in [-0.15, -0.1) is 10.2 Å². The first-order valence-electron chi connectivity index (χ1n) is 6.33. The molecule has 0 saturated carbocycles. The molecule has 0 unspecified atom stereocenters. The minimum Gasteiger partial charge on any atom is -0.511 e. The highest BCUT2D eigenvalue weighted by atomic mass is 32.2. The molecule has 6 nitrogen and oxygen atoms in total. The average Bonchev–Trinajstić information content (AvgIpc) is 2.92. The molecule has 0 atom stereocenters. The summed E-state index contributed by atoms with van der Waals surface area (Å²) in [7, 11) is 1.61. The molecule has 2 rings (SSSR count). The van der Waals surface area contributed by atoms with Gasteiger partial charge in [0.1, 0.15) is 11.5 Å². The molecule has 22 heavy (non-hydrogen) atoms. The molecule has 0 aliphatic heterocycles. The lowest BCUT2D eigenvalue weighted by Crippen LogP contribution is -1.95. The summed E-state index contributed by atoms with van der Waals surface area (Å²) in [6.45, 7) is 2.88. The Hall–Kier alpha value is -2.06. The van der Waals surface area contributed by atoms with E-state index in [9.17, 15) is 9.90 Å². The molecule has 8 heteroatoms. The zero-order chi connectivity index (χ0) is 16.1. The van der Waals surface area contributed by atoms with Crippen molar-refractivity contribution in [3.63, 3.8) is 0 Å². The summed E-state index contributed by atoms with van der Waals surface area (Å²) in [5.74, 6) is 0.552. The minimum atomic E-state index is -0.204. The molecule has 0 bridgehead atoms. The van der Waals surface area contributed by atoms with Crippen molar-refractivity contribution in [2.45, 2.75) is 18.2 Å². The van der Waals surface area contributed by atoms with Crippen molar-refractivity contribution in [2.24, 2.45) is 0 Å². The fourth-order valence-electron chi connectivity index (χ4n) is 1.59. The van der Waals surface area contributed by atoms with Crippen molar-refractivity contribution in [1.82, 2.24) is 10.2 Å². The van der Waals surface area contributed by atoms with Gasteiger partial charge in [0, 0.05) is 5.69 Å². The summed E-state index contributed by atoms with van der Waals surface area (Å²) in [6, 6.07) is 7.41. The molecular formula is C14H15N3O3S2. The number of aliphatic hydroxyl groups is 1. The van der Waals surface area contributed by atoms with E-state index in [1.165, 1.54) is 25.2 Å². The number of anilines is 2. The van der Waals surface area contributed by atoms with Crippen LogP contribution in [0.25, 0.3) is 0 Å². The number of aliphatic hydroxyl groups excluding tert-OH is 1. The number of hydrogen-bond donors (Lipinski definition) is 2. The smallest absolute Gasteiger partial charge is 0.210 e. The Morgan fingerprint density at radius 1 is 1.27 bits per heavy atom. The lowest BCUT2D eigenvalue weighted by molar-refractivity contribution is -0.113. The Kier molecular flexibility index (Phi) is 5.40. The number of hydrogen-bond acceptors (Lipinski definition) is 8. The predicted octanol–water partition coefficient (Wildman–Crippen LogP) is 3.76. The second-order valence-corrected chi connectivity index (χ2v) is 6.53. The lowest BCUT2D eigenvalue weighted by Gasteiger charge is -2.03. The van der Waals surface area contributed by atoms with Crippen molar-refractivity contribution in [3.8, 4) is 5.75 Å². The maximum Gasteiger partial charge on any atom is 0.210 e. The number of benzene rings is 1. The Labute approximate surface area is 136 Å². The van der Waals surface area contributed by atoms with Crippen LogP contribution < -0.4 is 10.1 Å². The van der Waals surface area contributed by atoms with Crippen LogP contribution in [-0.2, 0) is 4.79 Å². The number of nitrogens with one attached hydrogen (secondary N) is 1. The number of nitrogens with zero attached hydrogens (tertiary/aromatic N) is 2. The number of aromatic nitrogens is 2. The molecule has 0 amide bonds. The van der Waals surface area contributed by atoms with Gasteiger partial charge in [0.2, 0.25) is 5.13 Å². The minimum absolute atomic E-state index is 0.0163. The summed E-state index contributed by atoms with van der Waals surface area (Å²) >= 11 is 2.41. The zero-order valence-corrected chi connectivity index (χ0v) is 13.9. The number of thioether (sulfide) groups is 1. The van der Waals surface area contributed by atoms with Crippen LogP contribution >= 0.6 is 23.1 Å². The summed E-state index contributed by atoms with van der Waals surface area (Å²) in [5, 5.41) is 21.2. The van der Waals surface area contributed by atoms with Gasteiger partial charge in [-0.05, 0) is 49.9 Å². The van der Waals surface area contributed by atoms with Gasteiger partial charge < -0.3 is 15.2 Å². The SMILES string of the molecule is COc1ccc(Nc2nnc(S/C(C(C)=O)=C(/C)O)s2)cc1. The standard InChI is InChI=1S/C14H15N3O3S2/c1-8(18)12(9(2)19)21-14-17-16-13(22-14)15-10-4-6-11(20-3)7-5-10/h4-7,18H,1-3H3,(H,15,16)/b12-8-. The molecule has 0 aliphatic rings. The molecule has 2 aromatic rings. The van der Waals surface area contributed by atoms with E-state index in [4.69, 9.17) is 4.74 Å². The maximum atomic E-state index is 11.4. The van der Waals surface area contributed by atoms with Crippen molar-refractivity contribution < 1.29 is 14.6 Å². The molecule has 0 radical (unpaired) electrons. The molecule has 0 aliphatic carbocycles. The number of carbonyl (C=O) groups excluding carboxylic acids is 1. The van der Waals surface area contributed by atoms with Crippen LogP contribution in [0.15, 0.2) is 39.3 Å². The van der Waals surface area contributed by atoms with E-state index in [2.05, 4.69) is 15.5 Å².